The highest BCUT2D eigenvalue weighted by Gasteiger charge is 2.12. The van der Waals surface area contributed by atoms with Crippen LogP contribution in [0, 0.1) is 25.5 Å². The molecule has 0 fully saturated rings. The van der Waals surface area contributed by atoms with Crippen molar-refractivity contribution in [2.45, 2.75) is 13.8 Å². The molecule has 3 rings (SSSR count). The number of aromatic nitrogens is 1. The Hall–Kier alpha value is -3.28. The lowest BCUT2D eigenvalue weighted by Gasteiger charge is -2.12. The predicted molar refractivity (Wildman–Crippen MR) is 97.7 cm³/mol. The number of rotatable bonds is 4. The van der Waals surface area contributed by atoms with Gasteiger partial charge >= 0.3 is 0 Å². The van der Waals surface area contributed by atoms with Crippen LogP contribution in [0.15, 0.2) is 54.7 Å². The number of pyridine rings is 1. The van der Waals surface area contributed by atoms with Gasteiger partial charge < -0.3 is 10.6 Å². The molecule has 3 aromatic rings. The molecular weight excluding hydrogens is 336 g/mol. The maximum absolute atomic E-state index is 13.3. The lowest BCUT2D eigenvalue weighted by Crippen LogP contribution is -2.15. The molecule has 0 saturated carbocycles. The molecule has 0 aliphatic carbocycles. The van der Waals surface area contributed by atoms with Crippen LogP contribution >= 0.6 is 0 Å². The highest BCUT2D eigenvalue weighted by Crippen LogP contribution is 2.22. The summed E-state index contributed by atoms with van der Waals surface area (Å²) in [5.74, 6) is -2.22. The van der Waals surface area contributed by atoms with Crippen molar-refractivity contribution in [3.05, 3.63) is 83.2 Å². The fourth-order valence-electron chi connectivity index (χ4n) is 2.56. The van der Waals surface area contributed by atoms with Crippen molar-refractivity contribution in [1.29, 1.82) is 0 Å². The third kappa shape index (κ3) is 3.85. The third-order valence-corrected chi connectivity index (χ3v) is 3.92. The van der Waals surface area contributed by atoms with E-state index in [2.05, 4.69) is 15.6 Å². The maximum atomic E-state index is 13.3. The Kier molecular flexibility index (Phi) is 4.93. The second kappa shape index (κ2) is 7.31. The molecule has 132 valence electrons. The topological polar surface area (TPSA) is 54.0 Å². The predicted octanol–water partition coefficient (Wildman–Crippen LogP) is 4.97. The molecule has 1 heterocycles. The van der Waals surface area contributed by atoms with Gasteiger partial charge in [0, 0.05) is 29.3 Å². The number of para-hydroxylation sites is 1. The Morgan fingerprint density at radius 1 is 0.923 bits per heavy atom. The first-order valence-electron chi connectivity index (χ1n) is 8.00. The van der Waals surface area contributed by atoms with E-state index in [9.17, 15) is 13.6 Å². The summed E-state index contributed by atoms with van der Waals surface area (Å²) < 4.78 is 26.3. The van der Waals surface area contributed by atoms with Gasteiger partial charge in [0.2, 0.25) is 0 Å². The van der Waals surface area contributed by atoms with Gasteiger partial charge in [-0.05, 0) is 49.2 Å². The van der Waals surface area contributed by atoms with Gasteiger partial charge in [-0.3, -0.25) is 9.78 Å². The maximum Gasteiger partial charge on any atom is 0.274 e. The number of hydrogen-bond donors (Lipinski definition) is 2. The number of carbonyl (C=O) groups excluding carboxylic acids is 1. The Bertz CT molecular complexity index is 953. The molecule has 2 N–H and O–H groups in total. The van der Waals surface area contributed by atoms with Gasteiger partial charge in [0.1, 0.15) is 5.69 Å². The number of nitrogens with one attached hydrogen (secondary N) is 2. The number of aryl methyl sites for hydroxylation is 2. The summed E-state index contributed by atoms with van der Waals surface area (Å²) in [7, 11) is 0. The largest absolute Gasteiger partial charge is 0.355 e. The van der Waals surface area contributed by atoms with Crippen molar-refractivity contribution in [3.8, 4) is 0 Å². The number of hydrogen-bond acceptors (Lipinski definition) is 3. The Labute approximate surface area is 149 Å². The van der Waals surface area contributed by atoms with Crippen molar-refractivity contribution >= 4 is 23.0 Å². The van der Waals surface area contributed by atoms with Gasteiger partial charge in [-0.15, -0.1) is 0 Å². The molecule has 0 unspecified atom stereocenters. The van der Waals surface area contributed by atoms with Crippen LogP contribution in [-0.4, -0.2) is 10.9 Å². The zero-order valence-corrected chi connectivity index (χ0v) is 14.3. The summed E-state index contributed by atoms with van der Waals surface area (Å²) >= 11 is 0. The molecule has 0 atom stereocenters. The van der Waals surface area contributed by atoms with Gasteiger partial charge in [0.25, 0.3) is 5.91 Å². The number of nitrogens with zero attached hydrogens (tertiary/aromatic N) is 1. The van der Waals surface area contributed by atoms with Gasteiger partial charge in [-0.1, -0.05) is 18.2 Å². The van der Waals surface area contributed by atoms with Gasteiger partial charge in [-0.25, -0.2) is 8.78 Å². The average Bonchev–Trinajstić information content (AvgIpc) is 2.61. The Morgan fingerprint density at radius 3 is 2.31 bits per heavy atom. The van der Waals surface area contributed by atoms with E-state index >= 15 is 0 Å². The van der Waals surface area contributed by atoms with Crippen molar-refractivity contribution in [3.63, 3.8) is 0 Å². The quantitative estimate of drug-likeness (QED) is 0.696. The number of halogens is 2. The fourth-order valence-corrected chi connectivity index (χ4v) is 2.56. The number of carbonyl (C=O) groups is 1. The van der Waals surface area contributed by atoms with E-state index in [0.29, 0.717) is 11.4 Å². The van der Waals surface area contributed by atoms with E-state index in [4.69, 9.17) is 0 Å². The summed E-state index contributed by atoms with van der Waals surface area (Å²) in [6, 6.07) is 12.4. The number of anilines is 3. The molecule has 6 heteroatoms. The monoisotopic (exact) mass is 353 g/mol. The van der Waals surface area contributed by atoms with Crippen LogP contribution in [0.5, 0.6) is 0 Å². The molecular formula is C20H17F2N3O. The van der Waals surface area contributed by atoms with Crippen molar-refractivity contribution < 1.29 is 13.6 Å². The molecule has 0 saturated heterocycles. The van der Waals surface area contributed by atoms with E-state index < -0.39 is 11.6 Å². The molecule has 26 heavy (non-hydrogen) atoms. The molecule has 4 nitrogen and oxygen atoms in total. The second-order valence-electron chi connectivity index (χ2n) is 5.90. The van der Waals surface area contributed by atoms with E-state index in [1.54, 1.807) is 12.1 Å². The standard InChI is InChI=1S/C20H17F2N3O/c1-12-4-3-5-13(2)19(12)25-20(26)18-11-15(8-9-23-18)24-14-6-7-16(21)17(22)10-14/h3-11H,1-2H3,(H,23,24)(H,25,26). The third-order valence-electron chi connectivity index (χ3n) is 3.92. The van der Waals surface area contributed by atoms with Crippen LogP contribution in [0.2, 0.25) is 0 Å². The Morgan fingerprint density at radius 2 is 1.62 bits per heavy atom. The smallest absolute Gasteiger partial charge is 0.274 e. The van der Waals surface area contributed by atoms with Crippen molar-refractivity contribution in [2.24, 2.45) is 0 Å². The molecule has 0 bridgehead atoms. The summed E-state index contributed by atoms with van der Waals surface area (Å²) in [4.78, 5) is 16.6. The molecule has 0 spiro atoms. The van der Waals surface area contributed by atoms with Crippen LogP contribution in [0.25, 0.3) is 0 Å². The van der Waals surface area contributed by atoms with E-state index in [1.165, 1.54) is 12.3 Å². The fraction of sp³-hybridized carbons (Fsp3) is 0.100. The zero-order chi connectivity index (χ0) is 18.7. The number of amides is 1. The van der Waals surface area contributed by atoms with Crippen molar-refractivity contribution in [1.82, 2.24) is 4.98 Å². The summed E-state index contributed by atoms with van der Waals surface area (Å²) in [6.07, 6.45) is 1.47. The lowest BCUT2D eigenvalue weighted by molar-refractivity contribution is 0.102. The normalized spacial score (nSPS) is 10.5. The summed E-state index contributed by atoms with van der Waals surface area (Å²) in [5, 5.41) is 5.79. The zero-order valence-electron chi connectivity index (χ0n) is 14.3. The van der Waals surface area contributed by atoms with Gasteiger partial charge in [0.05, 0.1) is 0 Å². The molecule has 0 aliphatic heterocycles. The SMILES string of the molecule is Cc1cccc(C)c1NC(=O)c1cc(Nc2ccc(F)c(F)c2)ccn1. The molecule has 2 aromatic carbocycles. The van der Waals surface area contributed by atoms with E-state index in [1.807, 2.05) is 32.0 Å². The van der Waals surface area contributed by atoms with Gasteiger partial charge in [0.15, 0.2) is 11.6 Å². The van der Waals surface area contributed by atoms with Crippen LogP contribution in [0.4, 0.5) is 25.8 Å². The average molecular weight is 353 g/mol. The minimum atomic E-state index is -0.947. The molecule has 1 amide bonds. The second-order valence-corrected chi connectivity index (χ2v) is 5.90. The van der Waals surface area contributed by atoms with Crippen LogP contribution < -0.4 is 10.6 Å². The molecule has 0 aliphatic rings. The minimum Gasteiger partial charge on any atom is -0.355 e. The Balaban J connectivity index is 1.80. The van der Waals surface area contributed by atoms with E-state index in [0.717, 1.165) is 28.9 Å². The first kappa shape index (κ1) is 17.5. The van der Waals surface area contributed by atoms with Crippen molar-refractivity contribution in [2.75, 3.05) is 10.6 Å². The number of benzene rings is 2. The van der Waals surface area contributed by atoms with Crippen LogP contribution in [-0.2, 0) is 0 Å². The minimum absolute atomic E-state index is 0.209. The highest BCUT2D eigenvalue weighted by molar-refractivity contribution is 6.04. The summed E-state index contributed by atoms with van der Waals surface area (Å²) in [6.45, 7) is 3.83. The first-order valence-corrected chi connectivity index (χ1v) is 8.00. The molecule has 0 radical (unpaired) electrons. The lowest BCUT2D eigenvalue weighted by atomic mass is 10.1. The summed E-state index contributed by atoms with van der Waals surface area (Å²) in [5.41, 5.74) is 3.77. The highest BCUT2D eigenvalue weighted by atomic mass is 19.2. The van der Waals surface area contributed by atoms with Gasteiger partial charge in [-0.2, -0.15) is 0 Å². The first-order chi connectivity index (χ1) is 12.4. The van der Waals surface area contributed by atoms with Crippen LogP contribution in [0.3, 0.4) is 0 Å². The van der Waals surface area contributed by atoms with Crippen LogP contribution in [0.1, 0.15) is 21.6 Å². The molecule has 1 aromatic heterocycles. The van der Waals surface area contributed by atoms with E-state index in [-0.39, 0.29) is 11.6 Å².